The molecule has 3 heterocycles. The summed E-state index contributed by atoms with van der Waals surface area (Å²) in [4.78, 5) is 13.5. The second-order valence-electron chi connectivity index (χ2n) is 6.99. The first kappa shape index (κ1) is 10.5. The standard InChI is InChI=1S/C12H19NO3/c1-9-4-10(2)6-11(3,5-9)12(15,16)13(7-9)8(10)14/h15-16H,4-7H2,1-3H3/t9-,10+,11-/m0/s1. The van der Waals surface area contributed by atoms with Crippen molar-refractivity contribution in [3.05, 3.63) is 0 Å². The Balaban J connectivity index is 2.18. The number of carbonyl (C=O) groups excluding carboxylic acids is 1. The van der Waals surface area contributed by atoms with E-state index in [1.165, 1.54) is 4.90 Å². The van der Waals surface area contributed by atoms with Gasteiger partial charge in [0.15, 0.2) is 0 Å². The molecule has 0 aromatic heterocycles. The van der Waals surface area contributed by atoms with Crippen molar-refractivity contribution in [3.8, 4) is 0 Å². The van der Waals surface area contributed by atoms with Crippen LogP contribution in [0, 0.1) is 16.2 Å². The zero-order valence-electron chi connectivity index (χ0n) is 10.1. The van der Waals surface area contributed by atoms with E-state index in [0.717, 1.165) is 12.8 Å². The molecule has 2 N–H and O–H groups in total. The first-order valence-corrected chi connectivity index (χ1v) is 5.89. The van der Waals surface area contributed by atoms with E-state index in [9.17, 15) is 15.0 Å². The van der Waals surface area contributed by atoms with Gasteiger partial charge in [0.05, 0.1) is 0 Å². The molecule has 4 heteroatoms. The van der Waals surface area contributed by atoms with Gasteiger partial charge in [-0.25, -0.2) is 0 Å². The van der Waals surface area contributed by atoms with Gasteiger partial charge in [0, 0.05) is 17.4 Å². The Hall–Kier alpha value is -0.610. The van der Waals surface area contributed by atoms with Gasteiger partial charge in [-0.3, -0.25) is 9.69 Å². The van der Waals surface area contributed by atoms with Crippen molar-refractivity contribution in [3.63, 3.8) is 0 Å². The molecule has 0 unspecified atom stereocenters. The van der Waals surface area contributed by atoms with Crippen molar-refractivity contribution in [2.24, 2.45) is 16.2 Å². The summed E-state index contributed by atoms with van der Waals surface area (Å²) in [5, 5.41) is 20.4. The molecule has 3 atom stereocenters. The van der Waals surface area contributed by atoms with E-state index in [1.807, 2.05) is 13.8 Å². The van der Waals surface area contributed by atoms with Gasteiger partial charge in [0.2, 0.25) is 5.91 Å². The summed E-state index contributed by atoms with van der Waals surface area (Å²) in [6.45, 7) is 6.48. The van der Waals surface area contributed by atoms with Crippen molar-refractivity contribution in [2.75, 3.05) is 6.54 Å². The van der Waals surface area contributed by atoms with Crippen LogP contribution in [0.1, 0.15) is 40.0 Å². The van der Waals surface area contributed by atoms with Crippen LogP contribution in [0.5, 0.6) is 0 Å². The maximum Gasteiger partial charge on any atom is 0.254 e. The normalized spacial score (nSPS) is 53.6. The molecule has 1 aliphatic carbocycles. The maximum atomic E-state index is 12.2. The SMILES string of the molecule is C[C@]12CN3C(=O)[C@](C)(C1)C[C@](C)(C2)C3(O)O. The van der Waals surface area contributed by atoms with Crippen LogP contribution in [0.3, 0.4) is 0 Å². The van der Waals surface area contributed by atoms with Crippen LogP contribution in [0.2, 0.25) is 0 Å². The minimum absolute atomic E-state index is 0.0463. The van der Waals surface area contributed by atoms with E-state index in [4.69, 9.17) is 0 Å². The van der Waals surface area contributed by atoms with Crippen LogP contribution in [0.25, 0.3) is 0 Å². The van der Waals surface area contributed by atoms with Gasteiger partial charge in [-0.05, 0) is 24.7 Å². The highest BCUT2D eigenvalue weighted by Gasteiger charge is 2.71. The molecule has 0 aromatic carbocycles. The summed E-state index contributed by atoms with van der Waals surface area (Å²) in [6.07, 6.45) is 2.24. The highest BCUT2D eigenvalue weighted by molar-refractivity contribution is 5.85. The lowest BCUT2D eigenvalue weighted by atomic mass is 9.47. The molecule has 0 aromatic rings. The zero-order valence-corrected chi connectivity index (χ0v) is 10.1. The highest BCUT2D eigenvalue weighted by Crippen LogP contribution is 2.66. The predicted octanol–water partition coefficient (Wildman–Crippen LogP) is 0.683. The van der Waals surface area contributed by atoms with E-state index in [0.29, 0.717) is 13.0 Å². The average Bonchev–Trinajstić information content (AvgIpc) is 2.07. The van der Waals surface area contributed by atoms with E-state index in [-0.39, 0.29) is 11.3 Å². The minimum atomic E-state index is -1.95. The van der Waals surface area contributed by atoms with E-state index in [1.54, 1.807) is 0 Å². The Labute approximate surface area is 95.2 Å². The number of piperidine rings is 3. The molecule has 0 radical (unpaired) electrons. The van der Waals surface area contributed by atoms with Crippen LogP contribution in [0.4, 0.5) is 0 Å². The first-order valence-electron chi connectivity index (χ1n) is 5.89. The largest absolute Gasteiger partial charge is 0.348 e. The van der Waals surface area contributed by atoms with Gasteiger partial charge >= 0.3 is 0 Å². The third-order valence-electron chi connectivity index (χ3n) is 4.90. The molecular weight excluding hydrogens is 206 g/mol. The lowest BCUT2D eigenvalue weighted by Gasteiger charge is -2.69. The van der Waals surface area contributed by atoms with Gasteiger partial charge in [-0.1, -0.05) is 20.8 Å². The Morgan fingerprint density at radius 2 is 1.75 bits per heavy atom. The molecule has 4 bridgehead atoms. The fourth-order valence-electron chi connectivity index (χ4n) is 4.79. The lowest BCUT2D eigenvalue weighted by molar-refractivity contribution is -0.382. The zero-order chi connectivity index (χ0) is 12.0. The molecule has 4 nitrogen and oxygen atoms in total. The van der Waals surface area contributed by atoms with Crippen LogP contribution >= 0.6 is 0 Å². The Morgan fingerprint density at radius 3 is 2.38 bits per heavy atom. The molecule has 16 heavy (non-hydrogen) atoms. The van der Waals surface area contributed by atoms with Gasteiger partial charge in [-0.2, -0.15) is 0 Å². The van der Waals surface area contributed by atoms with Crippen LogP contribution in [-0.2, 0) is 4.79 Å². The molecule has 1 amide bonds. The highest BCUT2D eigenvalue weighted by atomic mass is 16.5. The molecule has 4 rings (SSSR count). The Morgan fingerprint density at radius 1 is 1.12 bits per heavy atom. The third kappa shape index (κ3) is 0.915. The molecule has 0 spiro atoms. The van der Waals surface area contributed by atoms with Crippen LogP contribution in [-0.4, -0.2) is 33.5 Å². The molecule has 90 valence electrons. The summed E-state index contributed by atoms with van der Waals surface area (Å²) in [5.74, 6) is -2.05. The van der Waals surface area contributed by atoms with Crippen molar-refractivity contribution in [1.29, 1.82) is 0 Å². The number of nitrogens with zero attached hydrogens (tertiary/aromatic N) is 1. The summed E-state index contributed by atoms with van der Waals surface area (Å²) >= 11 is 0. The molecule has 4 fully saturated rings. The van der Waals surface area contributed by atoms with Crippen molar-refractivity contribution in [2.45, 2.75) is 45.9 Å². The summed E-state index contributed by atoms with van der Waals surface area (Å²) in [5.41, 5.74) is -0.930. The Kier molecular flexibility index (Phi) is 1.52. The first-order chi connectivity index (χ1) is 7.12. The van der Waals surface area contributed by atoms with Crippen molar-refractivity contribution in [1.82, 2.24) is 4.90 Å². The fourth-order valence-corrected chi connectivity index (χ4v) is 4.79. The average molecular weight is 225 g/mol. The molecule has 1 saturated carbocycles. The van der Waals surface area contributed by atoms with Crippen LogP contribution < -0.4 is 0 Å². The maximum absolute atomic E-state index is 12.2. The quantitative estimate of drug-likeness (QED) is 0.596. The fraction of sp³-hybridized carbons (Fsp3) is 0.917. The number of carbonyl (C=O) groups is 1. The summed E-state index contributed by atoms with van der Waals surface area (Å²) in [6, 6.07) is 0. The number of hydrogen-bond donors (Lipinski definition) is 2. The second-order valence-corrected chi connectivity index (χ2v) is 6.99. The van der Waals surface area contributed by atoms with E-state index in [2.05, 4.69) is 6.92 Å². The van der Waals surface area contributed by atoms with Crippen molar-refractivity contribution >= 4 is 5.91 Å². The smallest absolute Gasteiger partial charge is 0.254 e. The van der Waals surface area contributed by atoms with Gasteiger partial charge in [0.1, 0.15) is 0 Å². The molecule has 3 saturated heterocycles. The molecule has 4 aliphatic rings. The summed E-state index contributed by atoms with van der Waals surface area (Å²) < 4.78 is 0. The minimum Gasteiger partial charge on any atom is -0.348 e. The van der Waals surface area contributed by atoms with Gasteiger partial charge < -0.3 is 10.2 Å². The van der Waals surface area contributed by atoms with Crippen molar-refractivity contribution < 1.29 is 15.0 Å². The topological polar surface area (TPSA) is 60.8 Å². The molecular formula is C12H19NO3. The Bertz CT molecular complexity index is 394. The third-order valence-corrected chi connectivity index (χ3v) is 4.90. The summed E-state index contributed by atoms with van der Waals surface area (Å²) in [7, 11) is 0. The number of aliphatic hydroxyl groups is 2. The number of hydrogen-bond acceptors (Lipinski definition) is 3. The van der Waals surface area contributed by atoms with E-state index < -0.39 is 16.7 Å². The number of amides is 1. The van der Waals surface area contributed by atoms with E-state index >= 15 is 0 Å². The number of rotatable bonds is 0. The van der Waals surface area contributed by atoms with Crippen LogP contribution in [0.15, 0.2) is 0 Å². The lowest BCUT2D eigenvalue weighted by Crippen LogP contribution is -2.78. The molecule has 3 aliphatic heterocycles. The van der Waals surface area contributed by atoms with Gasteiger partial charge in [-0.15, -0.1) is 0 Å². The second kappa shape index (κ2) is 2.31. The van der Waals surface area contributed by atoms with Gasteiger partial charge in [0.25, 0.3) is 5.91 Å². The predicted molar refractivity (Wildman–Crippen MR) is 57.1 cm³/mol. The monoisotopic (exact) mass is 225 g/mol.